The SMILES string of the molecule is Cn1nccc1/C=C/C(=O)c1cc2ccccc2oc1=O. The fraction of sp³-hybridized carbons (Fsp3) is 0.0625. The molecule has 0 aliphatic heterocycles. The van der Waals surface area contributed by atoms with Crippen molar-refractivity contribution in [2.24, 2.45) is 7.05 Å². The zero-order chi connectivity index (χ0) is 14.8. The van der Waals surface area contributed by atoms with Crippen molar-refractivity contribution in [3.05, 3.63) is 70.3 Å². The number of nitrogens with zero attached hydrogens (tertiary/aromatic N) is 2. The first-order valence-electron chi connectivity index (χ1n) is 6.38. The maximum Gasteiger partial charge on any atom is 0.347 e. The van der Waals surface area contributed by atoms with Crippen LogP contribution >= 0.6 is 0 Å². The lowest BCUT2D eigenvalue weighted by Gasteiger charge is -1.99. The van der Waals surface area contributed by atoms with Crippen LogP contribution in [0.3, 0.4) is 0 Å². The third-order valence-electron chi connectivity index (χ3n) is 3.17. The van der Waals surface area contributed by atoms with E-state index in [-0.39, 0.29) is 5.56 Å². The van der Waals surface area contributed by atoms with Crippen molar-refractivity contribution in [3.8, 4) is 0 Å². The number of para-hydroxylation sites is 1. The summed E-state index contributed by atoms with van der Waals surface area (Å²) in [6, 6.07) is 10.4. The summed E-state index contributed by atoms with van der Waals surface area (Å²) in [6.07, 6.45) is 4.59. The van der Waals surface area contributed by atoms with Crippen LogP contribution in [0.4, 0.5) is 0 Å². The van der Waals surface area contributed by atoms with Gasteiger partial charge in [-0.1, -0.05) is 18.2 Å². The van der Waals surface area contributed by atoms with Crippen LogP contribution in [0.5, 0.6) is 0 Å². The Bertz CT molecular complexity index is 903. The Balaban J connectivity index is 1.98. The van der Waals surface area contributed by atoms with E-state index in [4.69, 9.17) is 4.42 Å². The molecular weight excluding hydrogens is 268 g/mol. The lowest BCUT2D eigenvalue weighted by Crippen LogP contribution is -2.12. The van der Waals surface area contributed by atoms with E-state index in [1.54, 1.807) is 54.3 Å². The number of ketones is 1. The van der Waals surface area contributed by atoms with Crippen molar-refractivity contribution in [2.75, 3.05) is 0 Å². The number of hydrogen-bond donors (Lipinski definition) is 0. The molecule has 3 aromatic rings. The molecule has 5 nitrogen and oxygen atoms in total. The van der Waals surface area contributed by atoms with Crippen molar-refractivity contribution in [1.82, 2.24) is 9.78 Å². The quantitative estimate of drug-likeness (QED) is 0.420. The highest BCUT2D eigenvalue weighted by Gasteiger charge is 2.11. The summed E-state index contributed by atoms with van der Waals surface area (Å²) in [7, 11) is 1.77. The Kier molecular flexibility index (Phi) is 3.23. The number of allylic oxidation sites excluding steroid dienone is 1. The van der Waals surface area contributed by atoms with Gasteiger partial charge in [0.15, 0.2) is 5.78 Å². The smallest absolute Gasteiger partial charge is 0.347 e. The number of aromatic nitrogens is 2. The molecule has 0 bridgehead atoms. The summed E-state index contributed by atoms with van der Waals surface area (Å²) in [6.45, 7) is 0. The molecule has 0 amide bonds. The molecule has 0 saturated heterocycles. The molecule has 0 fully saturated rings. The predicted octanol–water partition coefficient (Wildman–Crippen LogP) is 2.42. The third-order valence-corrected chi connectivity index (χ3v) is 3.17. The first kappa shape index (κ1) is 13.1. The second-order valence-corrected chi connectivity index (χ2v) is 4.56. The molecule has 3 rings (SSSR count). The van der Waals surface area contributed by atoms with Crippen molar-refractivity contribution < 1.29 is 9.21 Å². The molecule has 0 N–H and O–H groups in total. The summed E-state index contributed by atoms with van der Waals surface area (Å²) < 4.78 is 6.78. The molecule has 0 aliphatic carbocycles. The summed E-state index contributed by atoms with van der Waals surface area (Å²) in [5, 5.41) is 4.72. The summed E-state index contributed by atoms with van der Waals surface area (Å²) in [5.74, 6) is -0.393. The average Bonchev–Trinajstić information content (AvgIpc) is 2.89. The zero-order valence-corrected chi connectivity index (χ0v) is 11.3. The molecule has 5 heteroatoms. The van der Waals surface area contributed by atoms with E-state index in [1.165, 1.54) is 6.08 Å². The van der Waals surface area contributed by atoms with Crippen LogP contribution in [-0.2, 0) is 7.05 Å². The van der Waals surface area contributed by atoms with E-state index < -0.39 is 11.4 Å². The molecule has 0 unspecified atom stereocenters. The predicted molar refractivity (Wildman–Crippen MR) is 79.1 cm³/mol. The van der Waals surface area contributed by atoms with Gasteiger partial charge in [-0.2, -0.15) is 5.10 Å². The standard InChI is InChI=1S/C16H12N2O3/c1-18-12(8-9-17-18)6-7-14(19)13-10-11-4-2-3-5-15(11)21-16(13)20/h2-10H,1H3/b7-6+. The van der Waals surface area contributed by atoms with E-state index >= 15 is 0 Å². The number of aryl methyl sites for hydroxylation is 1. The normalized spacial score (nSPS) is 11.3. The maximum absolute atomic E-state index is 12.1. The molecule has 1 aromatic carbocycles. The second-order valence-electron chi connectivity index (χ2n) is 4.56. The average molecular weight is 280 g/mol. The van der Waals surface area contributed by atoms with E-state index in [1.807, 2.05) is 6.07 Å². The Labute approximate surface area is 120 Å². The van der Waals surface area contributed by atoms with Crippen LogP contribution in [-0.4, -0.2) is 15.6 Å². The Hall–Kier alpha value is -2.95. The molecule has 2 heterocycles. The highest BCUT2D eigenvalue weighted by molar-refractivity contribution is 6.07. The Morgan fingerprint density at radius 1 is 1.29 bits per heavy atom. The number of carbonyl (C=O) groups excluding carboxylic acids is 1. The summed E-state index contributed by atoms with van der Waals surface area (Å²) >= 11 is 0. The van der Waals surface area contributed by atoms with Crippen LogP contribution in [0.1, 0.15) is 16.1 Å². The van der Waals surface area contributed by atoms with Crippen LogP contribution < -0.4 is 5.63 Å². The molecular formula is C16H12N2O3. The van der Waals surface area contributed by atoms with Gasteiger partial charge in [0.05, 0.1) is 5.69 Å². The monoisotopic (exact) mass is 280 g/mol. The van der Waals surface area contributed by atoms with Crippen molar-refractivity contribution in [2.45, 2.75) is 0 Å². The Morgan fingerprint density at radius 2 is 2.10 bits per heavy atom. The first-order valence-corrected chi connectivity index (χ1v) is 6.38. The van der Waals surface area contributed by atoms with E-state index in [0.29, 0.717) is 5.58 Å². The van der Waals surface area contributed by atoms with Crippen LogP contribution in [0, 0.1) is 0 Å². The molecule has 0 radical (unpaired) electrons. The first-order chi connectivity index (χ1) is 10.1. The van der Waals surface area contributed by atoms with Gasteiger partial charge in [0.25, 0.3) is 0 Å². The number of benzene rings is 1. The van der Waals surface area contributed by atoms with Crippen molar-refractivity contribution in [1.29, 1.82) is 0 Å². The minimum atomic E-state index is -0.631. The van der Waals surface area contributed by atoms with Crippen molar-refractivity contribution >= 4 is 22.8 Å². The number of hydrogen-bond acceptors (Lipinski definition) is 4. The van der Waals surface area contributed by atoms with Gasteiger partial charge >= 0.3 is 5.63 Å². The lowest BCUT2D eigenvalue weighted by atomic mass is 10.1. The van der Waals surface area contributed by atoms with Gasteiger partial charge in [-0.05, 0) is 30.4 Å². The minimum absolute atomic E-state index is 0.0205. The van der Waals surface area contributed by atoms with Gasteiger partial charge in [-0.15, -0.1) is 0 Å². The van der Waals surface area contributed by atoms with Gasteiger partial charge in [-0.25, -0.2) is 4.79 Å². The zero-order valence-electron chi connectivity index (χ0n) is 11.3. The number of carbonyl (C=O) groups is 1. The van der Waals surface area contributed by atoms with Crippen molar-refractivity contribution in [3.63, 3.8) is 0 Å². The minimum Gasteiger partial charge on any atom is -0.422 e. The summed E-state index contributed by atoms with van der Waals surface area (Å²) in [5.41, 5.74) is 0.628. The van der Waals surface area contributed by atoms with E-state index in [9.17, 15) is 9.59 Å². The molecule has 21 heavy (non-hydrogen) atoms. The second kappa shape index (κ2) is 5.20. The molecule has 104 valence electrons. The topological polar surface area (TPSA) is 65.1 Å². The van der Waals surface area contributed by atoms with E-state index in [0.717, 1.165) is 11.1 Å². The van der Waals surface area contributed by atoms with Gasteiger partial charge in [0.1, 0.15) is 11.1 Å². The van der Waals surface area contributed by atoms with Gasteiger partial charge in [0, 0.05) is 18.6 Å². The maximum atomic E-state index is 12.1. The van der Waals surface area contributed by atoms with Gasteiger partial charge < -0.3 is 4.42 Å². The molecule has 0 saturated carbocycles. The lowest BCUT2D eigenvalue weighted by molar-refractivity contribution is 0.104. The fourth-order valence-electron chi connectivity index (χ4n) is 2.03. The van der Waals surface area contributed by atoms with Crippen LogP contribution in [0.2, 0.25) is 0 Å². The molecule has 0 atom stereocenters. The van der Waals surface area contributed by atoms with E-state index in [2.05, 4.69) is 5.10 Å². The highest BCUT2D eigenvalue weighted by atomic mass is 16.4. The molecule has 0 aliphatic rings. The molecule has 0 spiro atoms. The summed E-state index contributed by atoms with van der Waals surface area (Å²) in [4.78, 5) is 24.0. The number of fused-ring (bicyclic) bond motifs is 1. The van der Waals surface area contributed by atoms with Gasteiger partial charge in [0.2, 0.25) is 0 Å². The third kappa shape index (κ3) is 2.53. The van der Waals surface area contributed by atoms with Gasteiger partial charge in [-0.3, -0.25) is 9.48 Å². The highest BCUT2D eigenvalue weighted by Crippen LogP contribution is 2.13. The fourth-order valence-corrected chi connectivity index (χ4v) is 2.03. The Morgan fingerprint density at radius 3 is 2.86 bits per heavy atom. The van der Waals surface area contributed by atoms with Crippen LogP contribution in [0.15, 0.2) is 57.9 Å². The molecule has 2 aromatic heterocycles. The number of rotatable bonds is 3. The largest absolute Gasteiger partial charge is 0.422 e. The van der Waals surface area contributed by atoms with Crippen LogP contribution in [0.25, 0.3) is 17.0 Å².